The number of ether oxygens (including phenoxy) is 1. The molecule has 1 aromatic rings. The molecule has 0 saturated carbocycles. The van der Waals surface area contributed by atoms with Crippen molar-refractivity contribution >= 4 is 17.2 Å². The van der Waals surface area contributed by atoms with Crippen LogP contribution in [-0.4, -0.2) is 46.9 Å². The van der Waals surface area contributed by atoms with Crippen molar-refractivity contribution in [1.29, 1.82) is 0 Å². The van der Waals surface area contributed by atoms with E-state index in [1.807, 2.05) is 18.2 Å². The van der Waals surface area contributed by atoms with Gasteiger partial charge >= 0.3 is 0 Å². The van der Waals surface area contributed by atoms with Crippen LogP contribution in [0.1, 0.15) is 24.9 Å². The zero-order chi connectivity index (χ0) is 14.5. The van der Waals surface area contributed by atoms with Crippen LogP contribution < -0.4 is 5.73 Å². The first-order chi connectivity index (χ1) is 9.61. The van der Waals surface area contributed by atoms with Crippen molar-refractivity contribution in [2.24, 2.45) is 5.73 Å². The quantitative estimate of drug-likeness (QED) is 0.806. The van der Waals surface area contributed by atoms with Gasteiger partial charge in [-0.1, -0.05) is 42.5 Å². The third-order valence-electron chi connectivity index (χ3n) is 3.74. The van der Waals surface area contributed by atoms with E-state index in [-0.39, 0.29) is 24.8 Å². The second kappa shape index (κ2) is 7.13. The minimum atomic E-state index is -0.135. The average molecular weight is 294 g/mol. The molecule has 5 heteroatoms. The number of hydrogen-bond acceptors (Lipinski definition) is 4. The number of rotatable bonds is 5. The summed E-state index contributed by atoms with van der Waals surface area (Å²) in [5, 5.41) is 9.33. The molecular formula is C15H22N2O2S. The summed E-state index contributed by atoms with van der Waals surface area (Å²) < 4.78 is 5.60. The molecule has 1 aliphatic rings. The zero-order valence-electron chi connectivity index (χ0n) is 11.7. The summed E-state index contributed by atoms with van der Waals surface area (Å²) in [6.45, 7) is 3.48. The van der Waals surface area contributed by atoms with E-state index in [1.165, 1.54) is 5.56 Å². The van der Waals surface area contributed by atoms with Crippen molar-refractivity contribution < 1.29 is 9.84 Å². The van der Waals surface area contributed by atoms with Crippen molar-refractivity contribution in [2.75, 3.05) is 19.8 Å². The van der Waals surface area contributed by atoms with Gasteiger partial charge in [0.05, 0.1) is 24.3 Å². The monoisotopic (exact) mass is 294 g/mol. The highest BCUT2D eigenvalue weighted by molar-refractivity contribution is 7.80. The highest BCUT2D eigenvalue weighted by atomic mass is 32.1. The first-order valence-electron chi connectivity index (χ1n) is 6.93. The maximum atomic E-state index is 9.33. The number of thiocarbonyl (C=S) groups is 1. The Balaban J connectivity index is 2.23. The van der Waals surface area contributed by atoms with Crippen molar-refractivity contribution in [3.8, 4) is 0 Å². The molecule has 110 valence electrons. The van der Waals surface area contributed by atoms with Crippen LogP contribution in [-0.2, 0) is 4.74 Å². The van der Waals surface area contributed by atoms with E-state index in [9.17, 15) is 5.11 Å². The van der Waals surface area contributed by atoms with Crippen molar-refractivity contribution in [2.45, 2.75) is 31.5 Å². The molecule has 4 nitrogen and oxygen atoms in total. The van der Waals surface area contributed by atoms with Crippen LogP contribution >= 0.6 is 12.2 Å². The van der Waals surface area contributed by atoms with Gasteiger partial charge in [0.25, 0.3) is 0 Å². The van der Waals surface area contributed by atoms with Crippen molar-refractivity contribution in [3.05, 3.63) is 35.9 Å². The Morgan fingerprint density at radius 3 is 2.80 bits per heavy atom. The molecular weight excluding hydrogens is 272 g/mol. The number of hydrogen-bond donors (Lipinski definition) is 2. The molecule has 20 heavy (non-hydrogen) atoms. The van der Waals surface area contributed by atoms with Crippen LogP contribution in [0.15, 0.2) is 30.3 Å². The number of aliphatic hydroxyl groups excluding tert-OH is 1. The third-order valence-corrected chi connectivity index (χ3v) is 3.90. The van der Waals surface area contributed by atoms with Gasteiger partial charge in [0.2, 0.25) is 0 Å². The summed E-state index contributed by atoms with van der Waals surface area (Å²) in [6, 6.07) is 10.7. The number of morpholine rings is 1. The van der Waals surface area contributed by atoms with E-state index < -0.39 is 0 Å². The maximum absolute atomic E-state index is 9.33. The predicted molar refractivity (Wildman–Crippen MR) is 83.6 cm³/mol. The van der Waals surface area contributed by atoms with Crippen LogP contribution in [0.3, 0.4) is 0 Å². The van der Waals surface area contributed by atoms with E-state index in [0.29, 0.717) is 24.6 Å². The Labute approximate surface area is 125 Å². The number of nitrogens with zero attached hydrogens (tertiary/aromatic N) is 1. The van der Waals surface area contributed by atoms with E-state index in [2.05, 4.69) is 24.0 Å². The fourth-order valence-corrected chi connectivity index (χ4v) is 2.83. The molecule has 0 spiro atoms. The molecule has 1 aliphatic heterocycles. The Kier molecular flexibility index (Phi) is 5.48. The Hall–Kier alpha value is -1.01. The molecule has 2 rings (SSSR count). The van der Waals surface area contributed by atoms with Gasteiger partial charge in [0, 0.05) is 25.0 Å². The Morgan fingerprint density at radius 2 is 2.20 bits per heavy atom. The fourth-order valence-electron chi connectivity index (χ4n) is 2.68. The van der Waals surface area contributed by atoms with Gasteiger partial charge < -0.3 is 15.6 Å². The number of nitrogens with two attached hydrogens (primary N) is 1. The van der Waals surface area contributed by atoms with Crippen LogP contribution in [0.25, 0.3) is 0 Å². The molecule has 3 atom stereocenters. The highest BCUT2D eigenvalue weighted by Gasteiger charge is 2.32. The summed E-state index contributed by atoms with van der Waals surface area (Å²) in [4.78, 5) is 2.84. The first kappa shape index (κ1) is 15.4. The third kappa shape index (κ3) is 3.76. The van der Waals surface area contributed by atoms with Crippen LogP contribution in [0.2, 0.25) is 0 Å². The number of benzene rings is 1. The fraction of sp³-hybridized carbons (Fsp3) is 0.533. The van der Waals surface area contributed by atoms with E-state index in [4.69, 9.17) is 22.7 Å². The molecule has 0 bridgehead atoms. The maximum Gasteiger partial charge on any atom is 0.0933 e. The standard InChI is InChI=1S/C15H22N2O2S/c1-11-10-19-13(9-18)8-17(11)14(7-15(16)20)12-5-3-2-4-6-12/h2-6,11,13-14,18H,7-10H2,1H3,(H2,16,20). The molecule has 1 heterocycles. The van der Waals surface area contributed by atoms with Gasteiger partial charge in [-0.3, -0.25) is 4.90 Å². The summed E-state index contributed by atoms with van der Waals surface area (Å²) >= 11 is 5.11. The summed E-state index contributed by atoms with van der Waals surface area (Å²) in [6.07, 6.45) is 0.505. The molecule has 3 N–H and O–H groups in total. The summed E-state index contributed by atoms with van der Waals surface area (Å²) in [5.41, 5.74) is 6.97. The minimum Gasteiger partial charge on any atom is -0.394 e. The highest BCUT2D eigenvalue weighted by Crippen LogP contribution is 2.29. The Bertz CT molecular complexity index is 441. The predicted octanol–water partition coefficient (Wildman–Crippen LogP) is 1.49. The SMILES string of the molecule is CC1COC(CO)CN1C(CC(N)=S)c1ccccc1. The minimum absolute atomic E-state index is 0.0395. The van der Waals surface area contributed by atoms with Gasteiger partial charge in [0.15, 0.2) is 0 Å². The molecule has 1 saturated heterocycles. The van der Waals surface area contributed by atoms with E-state index in [1.54, 1.807) is 0 Å². The van der Waals surface area contributed by atoms with Crippen LogP contribution in [0.5, 0.6) is 0 Å². The Morgan fingerprint density at radius 1 is 1.50 bits per heavy atom. The van der Waals surface area contributed by atoms with Gasteiger partial charge in [-0.15, -0.1) is 0 Å². The van der Waals surface area contributed by atoms with Gasteiger partial charge in [-0.05, 0) is 12.5 Å². The molecule has 1 aromatic carbocycles. The lowest BCUT2D eigenvalue weighted by Gasteiger charge is -2.42. The second-order valence-electron chi connectivity index (χ2n) is 5.28. The topological polar surface area (TPSA) is 58.7 Å². The zero-order valence-corrected chi connectivity index (χ0v) is 12.6. The normalized spacial score (nSPS) is 25.3. The lowest BCUT2D eigenvalue weighted by Crippen LogP contribution is -2.51. The molecule has 0 radical (unpaired) electrons. The largest absolute Gasteiger partial charge is 0.394 e. The van der Waals surface area contributed by atoms with Crippen LogP contribution in [0, 0.1) is 0 Å². The molecule has 0 aliphatic carbocycles. The van der Waals surface area contributed by atoms with Gasteiger partial charge in [-0.2, -0.15) is 0 Å². The van der Waals surface area contributed by atoms with E-state index >= 15 is 0 Å². The van der Waals surface area contributed by atoms with Gasteiger partial charge in [-0.25, -0.2) is 0 Å². The number of aliphatic hydroxyl groups is 1. The average Bonchev–Trinajstić information content (AvgIpc) is 2.46. The lowest BCUT2D eigenvalue weighted by atomic mass is 9.99. The molecule has 0 aromatic heterocycles. The lowest BCUT2D eigenvalue weighted by molar-refractivity contribution is -0.0910. The molecule has 3 unspecified atom stereocenters. The summed E-state index contributed by atoms with van der Waals surface area (Å²) in [7, 11) is 0. The first-order valence-corrected chi connectivity index (χ1v) is 7.34. The second-order valence-corrected chi connectivity index (χ2v) is 5.81. The summed E-state index contributed by atoms with van der Waals surface area (Å²) in [5.74, 6) is 0. The molecule has 1 fully saturated rings. The smallest absolute Gasteiger partial charge is 0.0933 e. The van der Waals surface area contributed by atoms with Gasteiger partial charge in [0.1, 0.15) is 0 Å². The van der Waals surface area contributed by atoms with Crippen molar-refractivity contribution in [1.82, 2.24) is 4.90 Å². The van der Waals surface area contributed by atoms with Crippen LogP contribution in [0.4, 0.5) is 0 Å². The van der Waals surface area contributed by atoms with E-state index in [0.717, 1.165) is 0 Å². The van der Waals surface area contributed by atoms with Crippen molar-refractivity contribution in [3.63, 3.8) is 0 Å². The molecule has 0 amide bonds.